The lowest BCUT2D eigenvalue weighted by atomic mass is 10.2. The van der Waals surface area contributed by atoms with Gasteiger partial charge in [0.15, 0.2) is 4.90 Å². The third-order valence-corrected chi connectivity index (χ3v) is 6.67. The lowest BCUT2D eigenvalue weighted by Crippen LogP contribution is -3.13. The van der Waals surface area contributed by atoms with Crippen molar-refractivity contribution < 1.29 is 18.2 Å². The lowest BCUT2D eigenvalue weighted by molar-refractivity contribution is -0.917. The first-order chi connectivity index (χ1) is 12.4. The SMILES string of the molecule is O=[N+]([O-])c1ccccc1S(=O)(=O)N1CC[NH+](Cc2ccc(Cl)cc2)CC1. The van der Waals surface area contributed by atoms with Crippen molar-refractivity contribution in [2.24, 2.45) is 0 Å². The highest BCUT2D eigenvalue weighted by Crippen LogP contribution is 2.26. The van der Waals surface area contributed by atoms with Crippen LogP contribution in [0.1, 0.15) is 5.56 Å². The number of nitrogens with one attached hydrogen (secondary N) is 1. The maximum Gasteiger partial charge on any atom is 0.289 e. The molecule has 7 nitrogen and oxygen atoms in total. The van der Waals surface area contributed by atoms with Crippen molar-refractivity contribution in [3.8, 4) is 0 Å². The van der Waals surface area contributed by atoms with Crippen LogP contribution in [0.15, 0.2) is 53.4 Å². The summed E-state index contributed by atoms with van der Waals surface area (Å²) in [6.07, 6.45) is 0. The van der Waals surface area contributed by atoms with Gasteiger partial charge in [0.05, 0.1) is 31.1 Å². The second-order valence-electron chi connectivity index (χ2n) is 6.18. The molecule has 1 aliphatic rings. The molecule has 1 fully saturated rings. The van der Waals surface area contributed by atoms with Crippen molar-refractivity contribution in [1.29, 1.82) is 0 Å². The number of halogens is 1. The van der Waals surface area contributed by atoms with Gasteiger partial charge in [0.2, 0.25) is 10.0 Å². The summed E-state index contributed by atoms with van der Waals surface area (Å²) in [4.78, 5) is 11.5. The average Bonchev–Trinajstić information content (AvgIpc) is 2.64. The van der Waals surface area contributed by atoms with E-state index in [9.17, 15) is 18.5 Å². The molecule has 0 aliphatic carbocycles. The fraction of sp³-hybridized carbons (Fsp3) is 0.294. The Kier molecular flexibility index (Phi) is 5.57. The summed E-state index contributed by atoms with van der Waals surface area (Å²) in [5.74, 6) is 0. The van der Waals surface area contributed by atoms with Crippen LogP contribution in [0.25, 0.3) is 0 Å². The van der Waals surface area contributed by atoms with Crippen molar-refractivity contribution in [2.75, 3.05) is 26.2 Å². The Balaban J connectivity index is 1.69. The van der Waals surface area contributed by atoms with Crippen LogP contribution in [0.4, 0.5) is 5.69 Å². The van der Waals surface area contributed by atoms with Crippen LogP contribution in [0.2, 0.25) is 5.02 Å². The summed E-state index contributed by atoms with van der Waals surface area (Å²) in [7, 11) is -3.88. The van der Waals surface area contributed by atoms with Crippen LogP contribution in [0, 0.1) is 10.1 Å². The molecule has 2 aromatic carbocycles. The summed E-state index contributed by atoms with van der Waals surface area (Å²) >= 11 is 5.89. The molecule has 26 heavy (non-hydrogen) atoms. The molecule has 0 radical (unpaired) electrons. The minimum atomic E-state index is -3.88. The quantitative estimate of drug-likeness (QED) is 0.610. The van der Waals surface area contributed by atoms with E-state index in [4.69, 9.17) is 11.6 Å². The van der Waals surface area contributed by atoms with E-state index >= 15 is 0 Å². The van der Waals surface area contributed by atoms with Crippen LogP contribution in [0.5, 0.6) is 0 Å². The molecule has 1 heterocycles. The van der Waals surface area contributed by atoms with Crippen LogP contribution < -0.4 is 4.90 Å². The summed E-state index contributed by atoms with van der Waals surface area (Å²) < 4.78 is 27.0. The fourth-order valence-electron chi connectivity index (χ4n) is 3.08. The van der Waals surface area contributed by atoms with Gasteiger partial charge in [-0.3, -0.25) is 10.1 Å². The number of hydrogen-bond acceptors (Lipinski definition) is 4. The Labute approximate surface area is 157 Å². The summed E-state index contributed by atoms with van der Waals surface area (Å²) in [6, 6.07) is 13.1. The number of benzene rings is 2. The molecule has 0 amide bonds. The highest BCUT2D eigenvalue weighted by atomic mass is 35.5. The number of nitro groups is 1. The molecule has 0 saturated carbocycles. The predicted molar refractivity (Wildman–Crippen MR) is 97.7 cm³/mol. The van der Waals surface area contributed by atoms with E-state index < -0.39 is 14.9 Å². The Hall–Kier alpha value is -2.00. The zero-order chi connectivity index (χ0) is 18.7. The summed E-state index contributed by atoms with van der Waals surface area (Å²) in [5.41, 5.74) is 0.753. The van der Waals surface area contributed by atoms with Crippen molar-refractivity contribution in [2.45, 2.75) is 11.4 Å². The third kappa shape index (κ3) is 4.04. The zero-order valence-corrected chi connectivity index (χ0v) is 15.5. The number of sulfonamides is 1. The highest BCUT2D eigenvalue weighted by molar-refractivity contribution is 7.89. The van der Waals surface area contributed by atoms with Gasteiger partial charge in [0, 0.05) is 16.7 Å². The number of piperazine rings is 1. The number of quaternary nitrogens is 1. The van der Waals surface area contributed by atoms with Crippen LogP contribution in [0.3, 0.4) is 0 Å². The van der Waals surface area contributed by atoms with Gasteiger partial charge < -0.3 is 4.90 Å². The fourth-order valence-corrected chi connectivity index (χ4v) is 4.80. The third-order valence-electron chi connectivity index (χ3n) is 4.48. The molecule has 0 spiro atoms. The lowest BCUT2D eigenvalue weighted by Gasteiger charge is -2.31. The smallest absolute Gasteiger partial charge is 0.289 e. The van der Waals surface area contributed by atoms with E-state index in [0.717, 1.165) is 12.1 Å². The molecule has 138 valence electrons. The molecule has 1 saturated heterocycles. The van der Waals surface area contributed by atoms with Gasteiger partial charge in [-0.15, -0.1) is 0 Å². The van der Waals surface area contributed by atoms with E-state index in [1.807, 2.05) is 24.3 Å². The number of hydrogen-bond donors (Lipinski definition) is 1. The van der Waals surface area contributed by atoms with Crippen molar-refractivity contribution >= 4 is 27.3 Å². The molecule has 0 unspecified atom stereocenters. The Morgan fingerprint density at radius 2 is 1.69 bits per heavy atom. The summed E-state index contributed by atoms with van der Waals surface area (Å²) in [5, 5.41) is 11.8. The van der Waals surface area contributed by atoms with Gasteiger partial charge in [-0.1, -0.05) is 35.9 Å². The van der Waals surface area contributed by atoms with Crippen LogP contribution in [-0.4, -0.2) is 43.8 Å². The normalized spacial score (nSPS) is 16.5. The van der Waals surface area contributed by atoms with Gasteiger partial charge in [-0.05, 0) is 18.2 Å². The van der Waals surface area contributed by atoms with E-state index in [-0.39, 0.29) is 10.6 Å². The number of rotatable bonds is 5. The van der Waals surface area contributed by atoms with Crippen LogP contribution >= 0.6 is 11.6 Å². The molecular formula is C17H19ClN3O4S+. The topological polar surface area (TPSA) is 85.0 Å². The van der Waals surface area contributed by atoms with Gasteiger partial charge in [0.1, 0.15) is 6.54 Å². The first kappa shape index (κ1) is 18.8. The van der Waals surface area contributed by atoms with Gasteiger partial charge in [0.25, 0.3) is 5.69 Å². The highest BCUT2D eigenvalue weighted by Gasteiger charge is 2.34. The van der Waals surface area contributed by atoms with Crippen molar-refractivity contribution in [1.82, 2.24) is 4.31 Å². The minimum absolute atomic E-state index is 0.244. The first-order valence-corrected chi connectivity index (χ1v) is 10.0. The first-order valence-electron chi connectivity index (χ1n) is 8.19. The molecule has 9 heteroatoms. The van der Waals surface area contributed by atoms with E-state index in [0.29, 0.717) is 31.2 Å². The largest absolute Gasteiger partial charge is 0.329 e. The van der Waals surface area contributed by atoms with E-state index in [2.05, 4.69) is 0 Å². The second-order valence-corrected chi connectivity index (χ2v) is 8.52. The molecular weight excluding hydrogens is 378 g/mol. The van der Waals surface area contributed by atoms with Gasteiger partial charge >= 0.3 is 0 Å². The standard InChI is InChI=1S/C17H18ClN3O4S/c18-15-7-5-14(6-8-15)13-19-9-11-20(12-10-19)26(24,25)17-4-2-1-3-16(17)21(22)23/h1-8H,9-13H2/p+1. The molecule has 3 rings (SSSR count). The van der Waals surface area contributed by atoms with Crippen LogP contribution in [-0.2, 0) is 16.6 Å². The number of nitrogens with zero attached hydrogens (tertiary/aromatic N) is 2. The molecule has 0 atom stereocenters. The van der Waals surface area contributed by atoms with Gasteiger partial charge in [-0.25, -0.2) is 8.42 Å². The minimum Gasteiger partial charge on any atom is -0.329 e. The number of para-hydroxylation sites is 1. The Bertz CT molecular complexity index is 894. The summed E-state index contributed by atoms with van der Waals surface area (Å²) in [6.45, 7) is 2.73. The zero-order valence-electron chi connectivity index (χ0n) is 14.0. The average molecular weight is 397 g/mol. The molecule has 1 N–H and O–H groups in total. The maximum atomic E-state index is 12.8. The molecule has 1 aliphatic heterocycles. The molecule has 2 aromatic rings. The Morgan fingerprint density at radius 1 is 1.08 bits per heavy atom. The Morgan fingerprint density at radius 3 is 2.31 bits per heavy atom. The van der Waals surface area contributed by atoms with Crippen molar-refractivity contribution in [3.63, 3.8) is 0 Å². The van der Waals surface area contributed by atoms with Crippen molar-refractivity contribution in [3.05, 3.63) is 69.2 Å². The van der Waals surface area contributed by atoms with Gasteiger partial charge in [-0.2, -0.15) is 4.31 Å². The molecule has 0 bridgehead atoms. The second kappa shape index (κ2) is 7.71. The predicted octanol–water partition coefficient (Wildman–Crippen LogP) is 1.34. The monoisotopic (exact) mass is 396 g/mol. The molecule has 0 aromatic heterocycles. The number of nitro benzene ring substituents is 1. The van der Waals surface area contributed by atoms with E-state index in [1.165, 1.54) is 33.5 Å². The van der Waals surface area contributed by atoms with E-state index in [1.54, 1.807) is 0 Å². The maximum absolute atomic E-state index is 12.8.